The third kappa shape index (κ3) is 7.63. The first-order valence-corrected chi connectivity index (χ1v) is 11.4. The number of carbonyl (C=O) groups excluding carboxylic acids is 2. The standard InChI is InChI=1S/C23H20BrCl2N3O4/c1-14(15-4-7-17(8-5-15)27-23(31)20-10-11-21(24)33-20)28-29-22(30)3-2-12-32-19-9-6-16(25)13-18(19)26/h4-11,13H,2-3,12H2,1H3,(H,27,31)(H,29,30)/b28-14-. The van der Waals surface area contributed by atoms with Gasteiger partial charge in [-0.05, 0) is 77.3 Å². The van der Waals surface area contributed by atoms with Crippen LogP contribution in [0, 0.1) is 0 Å². The van der Waals surface area contributed by atoms with Crippen molar-refractivity contribution < 1.29 is 18.7 Å². The van der Waals surface area contributed by atoms with Gasteiger partial charge >= 0.3 is 0 Å². The highest BCUT2D eigenvalue weighted by atomic mass is 79.9. The van der Waals surface area contributed by atoms with Crippen LogP contribution in [0.1, 0.15) is 35.9 Å². The number of halogens is 3. The van der Waals surface area contributed by atoms with E-state index in [0.29, 0.717) is 44.9 Å². The van der Waals surface area contributed by atoms with Crippen LogP contribution in [0.4, 0.5) is 5.69 Å². The number of hydrazone groups is 1. The Balaban J connectivity index is 1.43. The van der Waals surface area contributed by atoms with E-state index in [4.69, 9.17) is 32.4 Å². The lowest BCUT2D eigenvalue weighted by Crippen LogP contribution is -2.19. The number of nitrogens with one attached hydrogen (secondary N) is 2. The number of anilines is 1. The molecule has 172 valence electrons. The molecule has 2 aromatic carbocycles. The molecule has 0 aliphatic carbocycles. The van der Waals surface area contributed by atoms with Crippen molar-refractivity contribution in [2.75, 3.05) is 11.9 Å². The van der Waals surface area contributed by atoms with E-state index in [-0.39, 0.29) is 24.0 Å². The molecule has 0 radical (unpaired) electrons. The highest BCUT2D eigenvalue weighted by Gasteiger charge is 2.11. The van der Waals surface area contributed by atoms with Crippen LogP contribution in [0.25, 0.3) is 0 Å². The maximum absolute atomic E-state index is 12.1. The van der Waals surface area contributed by atoms with E-state index in [9.17, 15) is 9.59 Å². The van der Waals surface area contributed by atoms with E-state index < -0.39 is 0 Å². The van der Waals surface area contributed by atoms with Crippen LogP contribution < -0.4 is 15.5 Å². The molecule has 2 N–H and O–H groups in total. The van der Waals surface area contributed by atoms with E-state index in [1.54, 1.807) is 61.5 Å². The summed E-state index contributed by atoms with van der Waals surface area (Å²) in [5.41, 5.74) is 4.56. The number of carbonyl (C=O) groups is 2. The molecule has 0 atom stereocenters. The van der Waals surface area contributed by atoms with Gasteiger partial charge in [0.1, 0.15) is 5.75 Å². The van der Waals surface area contributed by atoms with Gasteiger partial charge < -0.3 is 14.5 Å². The molecule has 0 aliphatic rings. The van der Waals surface area contributed by atoms with E-state index in [1.807, 2.05) is 0 Å². The third-order valence-electron chi connectivity index (χ3n) is 4.41. The Morgan fingerprint density at radius 1 is 1.09 bits per heavy atom. The summed E-state index contributed by atoms with van der Waals surface area (Å²) in [6, 6.07) is 15.3. The Morgan fingerprint density at radius 3 is 2.52 bits per heavy atom. The van der Waals surface area contributed by atoms with Crippen LogP contribution in [0.3, 0.4) is 0 Å². The molecule has 3 aromatic rings. The van der Waals surface area contributed by atoms with Crippen molar-refractivity contribution >= 4 is 62.3 Å². The first kappa shape index (κ1) is 24.8. The summed E-state index contributed by atoms with van der Waals surface area (Å²) in [6.45, 7) is 2.11. The fraction of sp³-hybridized carbons (Fsp3) is 0.174. The summed E-state index contributed by atoms with van der Waals surface area (Å²) in [6.07, 6.45) is 0.746. The van der Waals surface area contributed by atoms with Crippen molar-refractivity contribution in [3.8, 4) is 5.75 Å². The molecular weight excluding hydrogens is 533 g/mol. The Morgan fingerprint density at radius 2 is 1.85 bits per heavy atom. The zero-order valence-electron chi connectivity index (χ0n) is 17.5. The highest BCUT2D eigenvalue weighted by Crippen LogP contribution is 2.27. The van der Waals surface area contributed by atoms with Crippen molar-refractivity contribution in [3.63, 3.8) is 0 Å². The maximum Gasteiger partial charge on any atom is 0.291 e. The Hall–Kier alpha value is -2.81. The van der Waals surface area contributed by atoms with Gasteiger partial charge in [0.15, 0.2) is 10.4 Å². The largest absolute Gasteiger partial charge is 0.492 e. The number of amides is 2. The third-order valence-corrected chi connectivity index (χ3v) is 5.36. The van der Waals surface area contributed by atoms with Gasteiger partial charge in [0.05, 0.1) is 17.3 Å². The smallest absolute Gasteiger partial charge is 0.291 e. The number of ether oxygens (including phenoxy) is 1. The Kier molecular flexibility index (Phi) is 8.94. The minimum Gasteiger partial charge on any atom is -0.492 e. The zero-order chi connectivity index (χ0) is 23.8. The van der Waals surface area contributed by atoms with Crippen molar-refractivity contribution in [3.05, 3.63) is 80.6 Å². The van der Waals surface area contributed by atoms with Crippen LogP contribution >= 0.6 is 39.1 Å². The molecular formula is C23H20BrCl2N3O4. The second-order valence-electron chi connectivity index (χ2n) is 6.89. The van der Waals surface area contributed by atoms with Gasteiger partial charge in [-0.15, -0.1) is 0 Å². The number of benzene rings is 2. The molecule has 33 heavy (non-hydrogen) atoms. The zero-order valence-corrected chi connectivity index (χ0v) is 20.6. The molecule has 0 saturated heterocycles. The van der Waals surface area contributed by atoms with Crippen LogP contribution in [-0.4, -0.2) is 24.1 Å². The Bertz CT molecular complexity index is 1160. The SMILES string of the molecule is C/C(=N/NC(=O)CCCOc1ccc(Cl)cc1Cl)c1ccc(NC(=O)c2ccc(Br)o2)cc1. The minimum atomic E-state index is -0.353. The van der Waals surface area contributed by atoms with Crippen molar-refractivity contribution in [1.82, 2.24) is 5.43 Å². The molecule has 0 saturated carbocycles. The highest BCUT2D eigenvalue weighted by molar-refractivity contribution is 9.10. The van der Waals surface area contributed by atoms with Crippen LogP contribution in [0.5, 0.6) is 5.75 Å². The molecule has 0 fully saturated rings. The first-order valence-electron chi connectivity index (χ1n) is 9.90. The first-order chi connectivity index (χ1) is 15.8. The summed E-state index contributed by atoms with van der Waals surface area (Å²) in [5.74, 6) is 0.141. The van der Waals surface area contributed by atoms with Gasteiger partial charge in [-0.3, -0.25) is 9.59 Å². The van der Waals surface area contributed by atoms with Gasteiger partial charge in [0.25, 0.3) is 5.91 Å². The number of furan rings is 1. The molecule has 7 nitrogen and oxygen atoms in total. The Labute approximate surface area is 209 Å². The van der Waals surface area contributed by atoms with Crippen LogP contribution in [0.2, 0.25) is 10.0 Å². The van der Waals surface area contributed by atoms with Gasteiger partial charge in [-0.1, -0.05) is 35.3 Å². The molecule has 0 spiro atoms. The second-order valence-corrected chi connectivity index (χ2v) is 8.52. The summed E-state index contributed by atoms with van der Waals surface area (Å²) < 4.78 is 11.3. The van der Waals surface area contributed by atoms with Gasteiger partial charge in [0, 0.05) is 17.1 Å². The predicted molar refractivity (Wildman–Crippen MR) is 132 cm³/mol. The van der Waals surface area contributed by atoms with Crippen molar-refractivity contribution in [1.29, 1.82) is 0 Å². The predicted octanol–water partition coefficient (Wildman–Crippen LogP) is 6.30. The van der Waals surface area contributed by atoms with E-state index >= 15 is 0 Å². The van der Waals surface area contributed by atoms with Gasteiger partial charge in [-0.2, -0.15) is 5.10 Å². The normalized spacial score (nSPS) is 11.2. The lowest BCUT2D eigenvalue weighted by molar-refractivity contribution is -0.121. The molecule has 0 bridgehead atoms. The minimum absolute atomic E-state index is 0.202. The number of hydrogen-bond donors (Lipinski definition) is 2. The second kappa shape index (κ2) is 11.9. The summed E-state index contributed by atoms with van der Waals surface area (Å²) in [4.78, 5) is 24.2. The molecule has 0 aliphatic heterocycles. The number of rotatable bonds is 9. The fourth-order valence-corrected chi connectivity index (χ4v) is 3.47. The molecule has 1 aromatic heterocycles. The average molecular weight is 553 g/mol. The molecule has 2 amide bonds. The lowest BCUT2D eigenvalue weighted by Gasteiger charge is -2.08. The summed E-state index contributed by atoms with van der Waals surface area (Å²) in [7, 11) is 0. The van der Waals surface area contributed by atoms with E-state index in [0.717, 1.165) is 5.56 Å². The van der Waals surface area contributed by atoms with Crippen molar-refractivity contribution in [2.45, 2.75) is 19.8 Å². The molecule has 3 rings (SSSR count). The van der Waals surface area contributed by atoms with E-state index in [1.165, 1.54) is 0 Å². The maximum atomic E-state index is 12.1. The summed E-state index contributed by atoms with van der Waals surface area (Å²) >= 11 is 15.1. The monoisotopic (exact) mass is 551 g/mol. The summed E-state index contributed by atoms with van der Waals surface area (Å²) in [5, 5.41) is 7.83. The van der Waals surface area contributed by atoms with Crippen LogP contribution in [-0.2, 0) is 4.79 Å². The van der Waals surface area contributed by atoms with Gasteiger partial charge in [-0.25, -0.2) is 5.43 Å². The molecule has 10 heteroatoms. The molecule has 0 unspecified atom stereocenters. The fourth-order valence-electron chi connectivity index (χ4n) is 2.70. The van der Waals surface area contributed by atoms with Gasteiger partial charge in [0.2, 0.25) is 5.91 Å². The number of nitrogens with zero attached hydrogens (tertiary/aromatic N) is 1. The average Bonchev–Trinajstić information content (AvgIpc) is 3.23. The topological polar surface area (TPSA) is 92.9 Å². The molecule has 1 heterocycles. The van der Waals surface area contributed by atoms with E-state index in [2.05, 4.69) is 31.8 Å². The lowest BCUT2D eigenvalue weighted by atomic mass is 10.1. The number of hydrogen-bond acceptors (Lipinski definition) is 5. The van der Waals surface area contributed by atoms with Crippen molar-refractivity contribution in [2.24, 2.45) is 5.10 Å². The van der Waals surface area contributed by atoms with Crippen LogP contribution in [0.15, 0.2) is 68.8 Å². The quantitative estimate of drug-likeness (QED) is 0.185.